The SMILES string of the molecule is CC(=O)c1cc(Br)c2cc(C(C)=O)cc(Br)c2c1. The van der Waals surface area contributed by atoms with E-state index in [1.54, 1.807) is 12.1 Å². The topological polar surface area (TPSA) is 34.1 Å². The average molecular weight is 370 g/mol. The molecule has 0 aliphatic rings. The van der Waals surface area contributed by atoms with E-state index in [1.807, 2.05) is 12.1 Å². The Morgan fingerprint density at radius 1 is 0.778 bits per heavy atom. The number of fused-ring (bicyclic) bond motifs is 1. The van der Waals surface area contributed by atoms with Gasteiger partial charge >= 0.3 is 0 Å². The van der Waals surface area contributed by atoms with Crippen LogP contribution in [0.5, 0.6) is 0 Å². The minimum Gasteiger partial charge on any atom is -0.295 e. The van der Waals surface area contributed by atoms with Crippen LogP contribution in [0.15, 0.2) is 33.2 Å². The fourth-order valence-corrected chi connectivity index (χ4v) is 2.93. The maximum Gasteiger partial charge on any atom is 0.159 e. The molecule has 4 heteroatoms. The van der Waals surface area contributed by atoms with Crippen molar-refractivity contribution in [2.45, 2.75) is 13.8 Å². The molecule has 0 spiro atoms. The lowest BCUT2D eigenvalue weighted by Crippen LogP contribution is -1.96. The Labute approximate surface area is 122 Å². The van der Waals surface area contributed by atoms with E-state index in [4.69, 9.17) is 0 Å². The van der Waals surface area contributed by atoms with E-state index >= 15 is 0 Å². The zero-order valence-electron chi connectivity index (χ0n) is 9.88. The number of rotatable bonds is 2. The van der Waals surface area contributed by atoms with Gasteiger partial charge in [0.1, 0.15) is 0 Å². The van der Waals surface area contributed by atoms with Crippen molar-refractivity contribution in [3.63, 3.8) is 0 Å². The number of carbonyl (C=O) groups excluding carboxylic acids is 2. The van der Waals surface area contributed by atoms with E-state index in [0.717, 1.165) is 19.7 Å². The van der Waals surface area contributed by atoms with E-state index in [1.165, 1.54) is 13.8 Å². The lowest BCUT2D eigenvalue weighted by molar-refractivity contribution is 0.100. The van der Waals surface area contributed by atoms with Gasteiger partial charge in [0.05, 0.1) is 0 Å². The minimum absolute atomic E-state index is 0.0140. The molecule has 2 aromatic rings. The van der Waals surface area contributed by atoms with Crippen molar-refractivity contribution in [1.82, 2.24) is 0 Å². The highest BCUT2D eigenvalue weighted by Gasteiger charge is 2.11. The van der Waals surface area contributed by atoms with Gasteiger partial charge in [0.2, 0.25) is 0 Å². The molecule has 0 amide bonds. The van der Waals surface area contributed by atoms with Crippen molar-refractivity contribution in [2.24, 2.45) is 0 Å². The average Bonchev–Trinajstić information content (AvgIpc) is 2.29. The first-order valence-electron chi connectivity index (χ1n) is 5.35. The predicted octanol–water partition coefficient (Wildman–Crippen LogP) is 4.77. The van der Waals surface area contributed by atoms with Gasteiger partial charge in [-0.3, -0.25) is 9.59 Å². The summed E-state index contributed by atoms with van der Waals surface area (Å²) in [4.78, 5) is 22.9. The van der Waals surface area contributed by atoms with Gasteiger partial charge in [-0.2, -0.15) is 0 Å². The molecule has 0 saturated heterocycles. The molecular weight excluding hydrogens is 360 g/mol. The van der Waals surface area contributed by atoms with Crippen LogP contribution < -0.4 is 0 Å². The van der Waals surface area contributed by atoms with Crippen molar-refractivity contribution in [3.05, 3.63) is 44.3 Å². The van der Waals surface area contributed by atoms with Gasteiger partial charge < -0.3 is 0 Å². The van der Waals surface area contributed by atoms with E-state index in [0.29, 0.717) is 11.1 Å². The Balaban J connectivity index is 2.83. The van der Waals surface area contributed by atoms with Crippen LogP contribution in [0.1, 0.15) is 34.6 Å². The molecule has 92 valence electrons. The summed E-state index contributed by atoms with van der Waals surface area (Å²) in [6.07, 6.45) is 0. The highest BCUT2D eigenvalue weighted by atomic mass is 79.9. The number of halogens is 2. The summed E-state index contributed by atoms with van der Waals surface area (Å²) in [6.45, 7) is 3.07. The lowest BCUT2D eigenvalue weighted by Gasteiger charge is -2.08. The van der Waals surface area contributed by atoms with Gasteiger partial charge in [-0.15, -0.1) is 0 Å². The molecule has 2 rings (SSSR count). The van der Waals surface area contributed by atoms with Crippen molar-refractivity contribution in [3.8, 4) is 0 Å². The number of carbonyl (C=O) groups is 2. The molecule has 2 aromatic carbocycles. The summed E-state index contributed by atoms with van der Waals surface area (Å²) < 4.78 is 1.63. The highest BCUT2D eigenvalue weighted by Crippen LogP contribution is 2.32. The summed E-state index contributed by atoms with van der Waals surface area (Å²) >= 11 is 6.90. The molecule has 0 atom stereocenters. The van der Waals surface area contributed by atoms with Crippen molar-refractivity contribution in [2.75, 3.05) is 0 Å². The largest absolute Gasteiger partial charge is 0.295 e. The molecule has 0 aromatic heterocycles. The maximum absolute atomic E-state index is 11.4. The zero-order chi connectivity index (χ0) is 13.4. The molecule has 2 nitrogen and oxygen atoms in total. The molecule has 0 aliphatic carbocycles. The molecular formula is C14H10Br2O2. The van der Waals surface area contributed by atoms with Gasteiger partial charge in [-0.05, 0) is 48.9 Å². The standard InChI is InChI=1S/C14H10Br2O2/c1-7(17)9-3-11-12(13(15)5-9)4-10(8(2)18)6-14(11)16/h3-6H,1-2H3. The van der Waals surface area contributed by atoms with Crippen LogP contribution in [0.2, 0.25) is 0 Å². The normalized spacial score (nSPS) is 10.7. The zero-order valence-corrected chi connectivity index (χ0v) is 13.1. The van der Waals surface area contributed by atoms with Crippen molar-refractivity contribution < 1.29 is 9.59 Å². The van der Waals surface area contributed by atoms with Crippen molar-refractivity contribution >= 4 is 54.2 Å². The maximum atomic E-state index is 11.4. The van der Waals surface area contributed by atoms with Crippen molar-refractivity contribution in [1.29, 1.82) is 0 Å². The van der Waals surface area contributed by atoms with Crippen LogP contribution in [-0.4, -0.2) is 11.6 Å². The third-order valence-electron chi connectivity index (χ3n) is 2.78. The van der Waals surface area contributed by atoms with Gasteiger partial charge in [0.25, 0.3) is 0 Å². The van der Waals surface area contributed by atoms with Gasteiger partial charge in [0.15, 0.2) is 11.6 Å². The molecule has 0 N–H and O–H groups in total. The number of ketones is 2. The van der Waals surface area contributed by atoms with Crippen LogP contribution in [0, 0.1) is 0 Å². The second-order valence-electron chi connectivity index (χ2n) is 4.12. The fourth-order valence-electron chi connectivity index (χ4n) is 1.78. The Bertz CT molecular complexity index is 616. The van der Waals surface area contributed by atoms with Crippen LogP contribution in [0.25, 0.3) is 10.8 Å². The summed E-state index contributed by atoms with van der Waals surface area (Å²) in [5.74, 6) is 0.0280. The van der Waals surface area contributed by atoms with Crippen LogP contribution in [0.4, 0.5) is 0 Å². The molecule has 0 unspecified atom stereocenters. The molecule has 0 radical (unpaired) electrons. The minimum atomic E-state index is 0.0140. The predicted molar refractivity (Wildman–Crippen MR) is 79.4 cm³/mol. The molecule has 18 heavy (non-hydrogen) atoms. The van der Waals surface area contributed by atoms with E-state index in [-0.39, 0.29) is 11.6 Å². The molecule has 0 saturated carbocycles. The first kappa shape index (κ1) is 13.4. The van der Waals surface area contributed by atoms with E-state index in [2.05, 4.69) is 31.9 Å². The van der Waals surface area contributed by atoms with E-state index < -0.39 is 0 Å². The lowest BCUT2D eigenvalue weighted by atomic mass is 10.0. The van der Waals surface area contributed by atoms with E-state index in [9.17, 15) is 9.59 Å². The van der Waals surface area contributed by atoms with Gasteiger partial charge in [-0.1, -0.05) is 31.9 Å². The highest BCUT2D eigenvalue weighted by molar-refractivity contribution is 9.11. The van der Waals surface area contributed by atoms with Crippen LogP contribution >= 0.6 is 31.9 Å². The van der Waals surface area contributed by atoms with Crippen LogP contribution in [-0.2, 0) is 0 Å². The summed E-state index contributed by atoms with van der Waals surface area (Å²) in [7, 11) is 0. The second kappa shape index (κ2) is 4.94. The smallest absolute Gasteiger partial charge is 0.159 e. The number of hydrogen-bond donors (Lipinski definition) is 0. The summed E-state index contributed by atoms with van der Waals surface area (Å²) in [5, 5.41) is 1.83. The third-order valence-corrected chi connectivity index (χ3v) is 4.09. The van der Waals surface area contributed by atoms with Gasteiger partial charge in [0, 0.05) is 20.1 Å². The molecule has 0 aliphatic heterocycles. The quantitative estimate of drug-likeness (QED) is 0.714. The monoisotopic (exact) mass is 368 g/mol. The summed E-state index contributed by atoms with van der Waals surface area (Å²) in [6, 6.07) is 7.22. The second-order valence-corrected chi connectivity index (χ2v) is 5.83. The fraction of sp³-hybridized carbons (Fsp3) is 0.143. The Kier molecular flexibility index (Phi) is 3.69. The number of hydrogen-bond acceptors (Lipinski definition) is 2. The Morgan fingerprint density at radius 2 is 1.11 bits per heavy atom. The molecule has 0 heterocycles. The molecule has 0 bridgehead atoms. The van der Waals surface area contributed by atoms with Crippen LogP contribution in [0.3, 0.4) is 0 Å². The number of benzene rings is 2. The summed E-state index contributed by atoms with van der Waals surface area (Å²) in [5.41, 5.74) is 1.29. The first-order chi connectivity index (χ1) is 8.40. The Morgan fingerprint density at radius 3 is 1.39 bits per heavy atom. The Hall–Kier alpha value is -1.00. The number of Topliss-reactive ketones (excluding diaryl/α,β-unsaturated/α-hetero) is 2. The first-order valence-corrected chi connectivity index (χ1v) is 6.93. The third kappa shape index (κ3) is 2.40. The molecule has 0 fully saturated rings. The van der Waals surface area contributed by atoms with Gasteiger partial charge in [-0.25, -0.2) is 0 Å².